The van der Waals surface area contributed by atoms with Crippen LogP contribution in [0.3, 0.4) is 0 Å². The Morgan fingerprint density at radius 2 is 2.15 bits per heavy atom. The molecule has 13 heavy (non-hydrogen) atoms. The molecule has 0 saturated heterocycles. The van der Waals surface area contributed by atoms with Crippen LogP contribution in [-0.2, 0) is 0 Å². The zero-order chi connectivity index (χ0) is 9.10. The van der Waals surface area contributed by atoms with Crippen LogP contribution < -0.4 is 0 Å². The van der Waals surface area contributed by atoms with Crippen LogP contribution in [0.4, 0.5) is 0 Å². The molecule has 0 aromatic rings. The summed E-state index contributed by atoms with van der Waals surface area (Å²) in [5, 5.41) is 8.84. The molecule has 2 aliphatic carbocycles. The molecule has 1 fully saturated rings. The molecule has 2 atom stereocenters. The van der Waals surface area contributed by atoms with Crippen LogP contribution in [-0.4, -0.2) is 11.7 Å². The maximum atomic E-state index is 8.84. The van der Waals surface area contributed by atoms with Crippen molar-refractivity contribution in [1.82, 2.24) is 0 Å². The van der Waals surface area contributed by atoms with Gasteiger partial charge in [-0.15, -0.1) is 0 Å². The van der Waals surface area contributed by atoms with E-state index in [2.05, 4.69) is 12.2 Å². The molecule has 2 rings (SSSR count). The molecule has 0 heterocycles. The summed E-state index contributed by atoms with van der Waals surface area (Å²) in [5.74, 6) is 2.74. The summed E-state index contributed by atoms with van der Waals surface area (Å²) < 4.78 is 0. The molecular weight excluding hydrogens is 160 g/mol. The predicted molar refractivity (Wildman–Crippen MR) is 54.4 cm³/mol. The lowest BCUT2D eigenvalue weighted by atomic mass is 9.84. The van der Waals surface area contributed by atoms with E-state index in [4.69, 9.17) is 5.11 Å². The van der Waals surface area contributed by atoms with Crippen LogP contribution in [0.2, 0.25) is 0 Å². The molecule has 0 aromatic heterocycles. The van der Waals surface area contributed by atoms with Gasteiger partial charge in [-0.3, -0.25) is 0 Å². The zero-order valence-corrected chi connectivity index (χ0v) is 8.28. The predicted octanol–water partition coefficient (Wildman–Crippen LogP) is 2.75. The highest BCUT2D eigenvalue weighted by Crippen LogP contribution is 2.45. The monoisotopic (exact) mass is 180 g/mol. The molecule has 0 aliphatic heterocycles. The van der Waals surface area contributed by atoms with Gasteiger partial charge in [0.05, 0.1) is 0 Å². The molecule has 0 aromatic carbocycles. The van der Waals surface area contributed by atoms with Gasteiger partial charge in [0.25, 0.3) is 0 Å². The quantitative estimate of drug-likeness (QED) is 0.645. The van der Waals surface area contributed by atoms with Crippen LogP contribution in [0.1, 0.15) is 38.5 Å². The van der Waals surface area contributed by atoms with Gasteiger partial charge in [-0.05, 0) is 56.3 Å². The fourth-order valence-electron chi connectivity index (χ4n) is 2.66. The maximum Gasteiger partial charge on any atom is 0.0431 e. The van der Waals surface area contributed by atoms with Gasteiger partial charge in [0, 0.05) is 6.61 Å². The van der Waals surface area contributed by atoms with Gasteiger partial charge >= 0.3 is 0 Å². The molecule has 2 unspecified atom stereocenters. The molecule has 0 amide bonds. The van der Waals surface area contributed by atoms with Crippen LogP contribution in [0.5, 0.6) is 0 Å². The van der Waals surface area contributed by atoms with Crippen molar-refractivity contribution in [2.24, 2.45) is 17.8 Å². The number of rotatable bonds is 5. The van der Waals surface area contributed by atoms with E-state index in [-0.39, 0.29) is 0 Å². The maximum absolute atomic E-state index is 8.84. The number of hydrogen-bond donors (Lipinski definition) is 1. The highest BCUT2D eigenvalue weighted by Gasteiger charge is 2.35. The Morgan fingerprint density at radius 1 is 1.31 bits per heavy atom. The van der Waals surface area contributed by atoms with Gasteiger partial charge in [0.15, 0.2) is 0 Å². The second-order valence-electron chi connectivity index (χ2n) is 4.54. The van der Waals surface area contributed by atoms with E-state index >= 15 is 0 Å². The summed E-state index contributed by atoms with van der Waals surface area (Å²) in [7, 11) is 0. The highest BCUT2D eigenvalue weighted by molar-refractivity contribution is 5.01. The third kappa shape index (κ3) is 2.34. The number of aliphatic hydroxyl groups is 1. The van der Waals surface area contributed by atoms with Gasteiger partial charge in [-0.1, -0.05) is 12.2 Å². The van der Waals surface area contributed by atoms with E-state index in [0.29, 0.717) is 6.61 Å². The lowest BCUT2D eigenvalue weighted by Crippen LogP contribution is -2.13. The smallest absolute Gasteiger partial charge is 0.0431 e. The van der Waals surface area contributed by atoms with Crippen molar-refractivity contribution >= 4 is 0 Å². The van der Waals surface area contributed by atoms with Crippen LogP contribution in [0.25, 0.3) is 0 Å². The normalized spacial score (nSPS) is 29.5. The third-order valence-corrected chi connectivity index (χ3v) is 3.52. The molecule has 0 radical (unpaired) electrons. The fraction of sp³-hybridized carbons (Fsp3) is 0.833. The van der Waals surface area contributed by atoms with Gasteiger partial charge in [0.2, 0.25) is 0 Å². The van der Waals surface area contributed by atoms with Gasteiger partial charge in [-0.2, -0.15) is 0 Å². The summed E-state index contributed by atoms with van der Waals surface area (Å²) in [5.41, 5.74) is 0. The Hall–Kier alpha value is -0.300. The van der Waals surface area contributed by atoms with Crippen LogP contribution in [0, 0.1) is 17.8 Å². The molecular formula is C12H20O. The summed E-state index contributed by atoms with van der Waals surface area (Å²) in [6, 6.07) is 0. The third-order valence-electron chi connectivity index (χ3n) is 3.52. The highest BCUT2D eigenvalue weighted by atomic mass is 16.2. The van der Waals surface area contributed by atoms with E-state index in [0.717, 1.165) is 24.2 Å². The van der Waals surface area contributed by atoms with Crippen molar-refractivity contribution in [3.8, 4) is 0 Å². The lowest BCUT2D eigenvalue weighted by Gasteiger charge is -2.21. The minimum absolute atomic E-state index is 0.375. The van der Waals surface area contributed by atoms with E-state index in [1.165, 1.54) is 32.1 Å². The second kappa shape index (κ2) is 4.28. The van der Waals surface area contributed by atoms with Crippen LogP contribution >= 0.6 is 0 Å². The molecule has 1 nitrogen and oxygen atoms in total. The standard InChI is InChI=1S/C12H20O/c13-9-3-6-12(11-7-8-11)10-4-1-2-5-10/h1,4,10-13H,2-3,5-9H2. The SMILES string of the molecule is OCCCC(C1C=CCC1)C1CC1. The summed E-state index contributed by atoms with van der Waals surface area (Å²) in [6.45, 7) is 0.375. The molecule has 74 valence electrons. The summed E-state index contributed by atoms with van der Waals surface area (Å²) in [4.78, 5) is 0. The van der Waals surface area contributed by atoms with E-state index in [1.54, 1.807) is 0 Å². The van der Waals surface area contributed by atoms with E-state index in [9.17, 15) is 0 Å². The van der Waals surface area contributed by atoms with E-state index < -0.39 is 0 Å². The first-order chi connectivity index (χ1) is 6.42. The first-order valence-electron chi connectivity index (χ1n) is 5.69. The number of aliphatic hydroxyl groups excluding tert-OH is 1. The Labute approximate surface area is 80.8 Å². The van der Waals surface area contributed by atoms with Crippen molar-refractivity contribution in [2.75, 3.05) is 6.61 Å². The average molecular weight is 180 g/mol. The Balaban J connectivity index is 1.84. The summed E-state index contributed by atoms with van der Waals surface area (Å²) >= 11 is 0. The largest absolute Gasteiger partial charge is 0.396 e. The molecule has 0 spiro atoms. The van der Waals surface area contributed by atoms with Crippen molar-refractivity contribution in [3.63, 3.8) is 0 Å². The molecule has 1 N–H and O–H groups in total. The van der Waals surface area contributed by atoms with Crippen LogP contribution in [0.15, 0.2) is 12.2 Å². The van der Waals surface area contributed by atoms with Crippen molar-refractivity contribution < 1.29 is 5.11 Å². The molecule has 0 bridgehead atoms. The van der Waals surface area contributed by atoms with Crippen molar-refractivity contribution in [2.45, 2.75) is 38.5 Å². The first kappa shape index (κ1) is 9.26. The Bertz CT molecular complexity index is 182. The fourth-order valence-corrected chi connectivity index (χ4v) is 2.66. The Kier molecular flexibility index (Phi) is 3.05. The van der Waals surface area contributed by atoms with Crippen molar-refractivity contribution in [1.29, 1.82) is 0 Å². The Morgan fingerprint density at radius 3 is 2.69 bits per heavy atom. The summed E-state index contributed by atoms with van der Waals surface area (Å²) in [6.07, 6.45) is 12.5. The topological polar surface area (TPSA) is 20.2 Å². The lowest BCUT2D eigenvalue weighted by molar-refractivity contribution is 0.245. The first-order valence-corrected chi connectivity index (χ1v) is 5.69. The average Bonchev–Trinajstić information content (AvgIpc) is 2.82. The number of allylic oxidation sites excluding steroid dienone is 2. The van der Waals surface area contributed by atoms with Crippen molar-refractivity contribution in [3.05, 3.63) is 12.2 Å². The number of hydrogen-bond acceptors (Lipinski definition) is 1. The second-order valence-corrected chi connectivity index (χ2v) is 4.54. The van der Waals surface area contributed by atoms with Gasteiger partial charge in [0.1, 0.15) is 0 Å². The minimum atomic E-state index is 0.375. The van der Waals surface area contributed by atoms with E-state index in [1.807, 2.05) is 0 Å². The molecule has 1 saturated carbocycles. The zero-order valence-electron chi connectivity index (χ0n) is 8.28. The van der Waals surface area contributed by atoms with Gasteiger partial charge < -0.3 is 5.11 Å². The minimum Gasteiger partial charge on any atom is -0.396 e. The van der Waals surface area contributed by atoms with Gasteiger partial charge in [-0.25, -0.2) is 0 Å². The molecule has 1 heteroatoms. The molecule has 2 aliphatic rings.